The molecule has 0 aliphatic heterocycles. The number of nitrogens with one attached hydrogen (secondary N) is 1. The Kier molecular flexibility index (Phi) is 4.06. The molecule has 8 heteroatoms. The fourth-order valence-corrected chi connectivity index (χ4v) is 1.00. The van der Waals surface area contributed by atoms with Gasteiger partial charge in [0.05, 0.1) is 0 Å². The summed E-state index contributed by atoms with van der Waals surface area (Å²) in [5.74, 6) is -2.25. The molecular weight excluding hydrogens is 201 g/mol. The zero-order valence-electron chi connectivity index (χ0n) is 6.80. The van der Waals surface area contributed by atoms with Gasteiger partial charge in [-0.15, -0.1) is 0 Å². The normalized spacial score (nSPS) is 13.5. The van der Waals surface area contributed by atoms with E-state index in [0.29, 0.717) is 0 Å². The molecule has 0 saturated heterocycles. The number of rotatable bonds is 4. The highest BCUT2D eigenvalue weighted by molar-refractivity contribution is 7.52. The van der Waals surface area contributed by atoms with E-state index in [2.05, 4.69) is 0 Å². The number of aliphatic carboxylic acids is 1. The second-order valence-electron chi connectivity index (χ2n) is 2.45. The zero-order valence-corrected chi connectivity index (χ0v) is 7.69. The monoisotopic (exact) mass is 211 g/mol. The lowest BCUT2D eigenvalue weighted by atomic mass is 10.3. The minimum absolute atomic E-state index is 0.983. The molecule has 0 saturated carbocycles. The third kappa shape index (κ3) is 6.27. The van der Waals surface area contributed by atoms with Gasteiger partial charge >= 0.3 is 13.6 Å². The van der Waals surface area contributed by atoms with E-state index in [-0.39, 0.29) is 0 Å². The Morgan fingerprint density at radius 1 is 1.46 bits per heavy atom. The minimum Gasteiger partial charge on any atom is -0.480 e. The third-order valence-corrected chi connectivity index (χ3v) is 1.80. The van der Waals surface area contributed by atoms with Crippen LogP contribution in [0.2, 0.25) is 0 Å². The fraction of sp³-hybridized carbons (Fsp3) is 0.600. The molecule has 0 heterocycles. The van der Waals surface area contributed by atoms with E-state index in [0.717, 1.165) is 0 Å². The van der Waals surface area contributed by atoms with Crippen molar-refractivity contribution in [3.63, 3.8) is 0 Å². The Bertz CT molecular complexity index is 258. The van der Waals surface area contributed by atoms with E-state index in [1.807, 2.05) is 5.32 Å². The van der Waals surface area contributed by atoms with Gasteiger partial charge in [-0.3, -0.25) is 14.2 Å². The summed E-state index contributed by atoms with van der Waals surface area (Å²) in [6.45, 7) is 1.19. The van der Waals surface area contributed by atoms with E-state index >= 15 is 0 Å². The Morgan fingerprint density at radius 2 is 1.92 bits per heavy atom. The molecule has 0 radical (unpaired) electrons. The highest BCUT2D eigenvalue weighted by Crippen LogP contribution is 2.33. The Balaban J connectivity index is 4.03. The molecule has 0 aromatic carbocycles. The molecule has 7 nitrogen and oxygen atoms in total. The summed E-state index contributed by atoms with van der Waals surface area (Å²) in [5, 5.41) is 10.2. The molecule has 0 unspecified atom stereocenters. The van der Waals surface area contributed by atoms with Crippen molar-refractivity contribution < 1.29 is 29.0 Å². The van der Waals surface area contributed by atoms with Crippen LogP contribution in [0.3, 0.4) is 0 Å². The molecule has 13 heavy (non-hydrogen) atoms. The Hall–Kier alpha value is -0.910. The first-order chi connectivity index (χ1) is 5.72. The van der Waals surface area contributed by atoms with Gasteiger partial charge in [0.15, 0.2) is 0 Å². The number of hydrogen-bond donors (Lipinski definition) is 4. The van der Waals surface area contributed by atoms with E-state index in [9.17, 15) is 14.2 Å². The van der Waals surface area contributed by atoms with Gasteiger partial charge in [0, 0.05) is 0 Å². The van der Waals surface area contributed by atoms with Crippen LogP contribution in [-0.2, 0) is 14.2 Å². The first kappa shape index (κ1) is 12.1. The second-order valence-corrected chi connectivity index (χ2v) is 4.10. The van der Waals surface area contributed by atoms with Crippen LogP contribution >= 0.6 is 7.60 Å². The SMILES string of the molecule is C[C@H](NC(=O)CP(=O)(O)O)C(=O)O. The van der Waals surface area contributed by atoms with Gasteiger partial charge in [-0.25, -0.2) is 0 Å². The van der Waals surface area contributed by atoms with Crippen LogP contribution in [0.1, 0.15) is 6.92 Å². The Morgan fingerprint density at radius 3 is 2.23 bits per heavy atom. The summed E-state index contributed by atoms with van der Waals surface area (Å²) >= 11 is 0. The summed E-state index contributed by atoms with van der Waals surface area (Å²) in [7, 11) is -4.41. The highest BCUT2D eigenvalue weighted by atomic mass is 31.2. The first-order valence-corrected chi connectivity index (χ1v) is 5.09. The summed E-state index contributed by atoms with van der Waals surface area (Å²) in [5.41, 5.74) is 0. The molecule has 0 fully saturated rings. The van der Waals surface area contributed by atoms with Gasteiger partial charge in [-0.1, -0.05) is 0 Å². The number of carbonyl (C=O) groups excluding carboxylic acids is 1. The number of carbonyl (C=O) groups is 2. The molecule has 0 spiro atoms. The quantitative estimate of drug-likeness (QED) is 0.431. The van der Waals surface area contributed by atoms with E-state index in [4.69, 9.17) is 14.9 Å². The molecule has 1 amide bonds. The van der Waals surface area contributed by atoms with Gasteiger partial charge in [0.2, 0.25) is 5.91 Å². The van der Waals surface area contributed by atoms with Crippen molar-refractivity contribution in [1.82, 2.24) is 5.32 Å². The predicted molar refractivity (Wildman–Crippen MR) is 42.2 cm³/mol. The fourth-order valence-electron chi connectivity index (χ4n) is 0.536. The van der Waals surface area contributed by atoms with Crippen molar-refractivity contribution in [3.8, 4) is 0 Å². The van der Waals surface area contributed by atoms with Crippen molar-refractivity contribution >= 4 is 19.5 Å². The van der Waals surface area contributed by atoms with Crippen LogP contribution in [0, 0.1) is 0 Å². The lowest BCUT2D eigenvalue weighted by molar-refractivity contribution is -0.140. The van der Waals surface area contributed by atoms with Gasteiger partial charge < -0.3 is 20.2 Å². The molecule has 0 rings (SSSR count). The third-order valence-electron chi connectivity index (χ3n) is 1.10. The molecular formula is C5H10NO6P. The smallest absolute Gasteiger partial charge is 0.334 e. The van der Waals surface area contributed by atoms with Crippen LogP contribution in [0.15, 0.2) is 0 Å². The zero-order chi connectivity index (χ0) is 10.6. The van der Waals surface area contributed by atoms with Crippen LogP contribution in [0.4, 0.5) is 0 Å². The molecule has 0 aromatic heterocycles. The van der Waals surface area contributed by atoms with Gasteiger partial charge in [-0.2, -0.15) is 0 Å². The second kappa shape index (κ2) is 4.36. The molecule has 1 atom stereocenters. The molecule has 0 bridgehead atoms. The van der Waals surface area contributed by atoms with Crippen molar-refractivity contribution in [1.29, 1.82) is 0 Å². The van der Waals surface area contributed by atoms with Gasteiger partial charge in [0.1, 0.15) is 12.2 Å². The number of hydrogen-bond acceptors (Lipinski definition) is 3. The van der Waals surface area contributed by atoms with E-state index < -0.39 is 31.7 Å². The topological polar surface area (TPSA) is 124 Å². The molecule has 0 aromatic rings. The maximum atomic E-state index is 10.7. The lowest BCUT2D eigenvalue weighted by Crippen LogP contribution is -2.39. The van der Waals surface area contributed by atoms with Crippen molar-refractivity contribution in [2.45, 2.75) is 13.0 Å². The van der Waals surface area contributed by atoms with Crippen LogP contribution in [0.25, 0.3) is 0 Å². The maximum absolute atomic E-state index is 10.7. The van der Waals surface area contributed by atoms with E-state index in [1.54, 1.807) is 0 Å². The highest BCUT2D eigenvalue weighted by Gasteiger charge is 2.21. The number of carboxylic acids is 1. The largest absolute Gasteiger partial charge is 0.480 e. The van der Waals surface area contributed by atoms with E-state index in [1.165, 1.54) is 6.92 Å². The summed E-state index contributed by atoms with van der Waals surface area (Å²) in [4.78, 5) is 37.6. The predicted octanol–water partition coefficient (Wildman–Crippen LogP) is -1.25. The van der Waals surface area contributed by atoms with Gasteiger partial charge in [0.25, 0.3) is 0 Å². The molecule has 0 aliphatic carbocycles. The standard InChI is InChI=1S/C5H10NO6P/c1-3(5(8)9)6-4(7)2-13(10,11)12/h3H,2H2,1H3,(H,6,7)(H,8,9)(H2,10,11,12)/t3-/m0/s1. The Labute approximate surface area is 73.9 Å². The van der Waals surface area contributed by atoms with Crippen LogP contribution < -0.4 is 5.32 Å². The van der Waals surface area contributed by atoms with Crippen molar-refractivity contribution in [2.75, 3.05) is 6.16 Å². The minimum atomic E-state index is -4.41. The van der Waals surface area contributed by atoms with Crippen LogP contribution in [-0.4, -0.2) is 39.0 Å². The summed E-state index contributed by atoms with van der Waals surface area (Å²) < 4.78 is 10.3. The summed E-state index contributed by atoms with van der Waals surface area (Å²) in [6, 6.07) is -1.15. The van der Waals surface area contributed by atoms with Gasteiger partial charge in [-0.05, 0) is 6.92 Å². The van der Waals surface area contributed by atoms with Crippen LogP contribution in [0.5, 0.6) is 0 Å². The first-order valence-electron chi connectivity index (χ1n) is 3.29. The molecule has 0 aliphatic rings. The number of amides is 1. The molecule has 76 valence electrons. The maximum Gasteiger partial charge on any atom is 0.334 e. The summed E-state index contributed by atoms with van der Waals surface area (Å²) in [6.07, 6.45) is -0.995. The average molecular weight is 211 g/mol. The molecule has 4 N–H and O–H groups in total. The lowest BCUT2D eigenvalue weighted by Gasteiger charge is -2.09. The van der Waals surface area contributed by atoms with Crippen molar-refractivity contribution in [2.24, 2.45) is 0 Å². The average Bonchev–Trinajstić information content (AvgIpc) is 1.81. The number of carboxylic acid groups (broad SMARTS) is 1. The van der Waals surface area contributed by atoms with Crippen molar-refractivity contribution in [3.05, 3.63) is 0 Å².